The average Bonchev–Trinajstić information content (AvgIpc) is 2.81. The van der Waals surface area contributed by atoms with E-state index in [1.807, 2.05) is 19.1 Å². The van der Waals surface area contributed by atoms with Gasteiger partial charge in [0.15, 0.2) is 0 Å². The largest absolute Gasteiger partial charge is 0.465 e. The fourth-order valence-corrected chi connectivity index (χ4v) is 2.54. The first-order valence-electron chi connectivity index (χ1n) is 5.77. The van der Waals surface area contributed by atoms with Gasteiger partial charge in [-0.15, -0.1) is 11.3 Å². The van der Waals surface area contributed by atoms with Crippen LogP contribution >= 0.6 is 11.3 Å². The number of methoxy groups -OCH3 is 1. The molecular formula is C14H14FNO2S. The zero-order valence-corrected chi connectivity index (χ0v) is 11.5. The molecule has 1 aromatic heterocycles. The Bertz CT molecular complexity index is 595. The lowest BCUT2D eigenvalue weighted by Gasteiger charge is -2.10. The smallest absolute Gasteiger partial charge is 0.339 e. The van der Waals surface area contributed by atoms with E-state index >= 15 is 0 Å². The summed E-state index contributed by atoms with van der Waals surface area (Å²) < 4.78 is 17.9. The van der Waals surface area contributed by atoms with Gasteiger partial charge in [-0.2, -0.15) is 0 Å². The Hall–Kier alpha value is -1.88. The fraction of sp³-hybridized carbons (Fsp3) is 0.214. The van der Waals surface area contributed by atoms with Crippen LogP contribution in [0.3, 0.4) is 0 Å². The van der Waals surface area contributed by atoms with Gasteiger partial charge in [0, 0.05) is 16.3 Å². The van der Waals surface area contributed by atoms with Gasteiger partial charge < -0.3 is 10.1 Å². The van der Waals surface area contributed by atoms with Crippen molar-refractivity contribution in [2.45, 2.75) is 13.5 Å². The van der Waals surface area contributed by atoms with E-state index in [1.165, 1.54) is 30.2 Å². The predicted octanol–water partition coefficient (Wildman–Crippen LogP) is 3.59. The van der Waals surface area contributed by atoms with Gasteiger partial charge in [-0.25, -0.2) is 9.18 Å². The molecule has 0 aliphatic carbocycles. The van der Waals surface area contributed by atoms with Crippen molar-refractivity contribution >= 4 is 23.0 Å². The molecule has 0 saturated heterocycles. The summed E-state index contributed by atoms with van der Waals surface area (Å²) in [4.78, 5) is 13.9. The molecule has 2 rings (SSSR count). The number of hydrogen-bond donors (Lipinski definition) is 1. The summed E-state index contributed by atoms with van der Waals surface area (Å²) >= 11 is 1.66. The van der Waals surface area contributed by atoms with E-state index in [0.717, 1.165) is 4.88 Å². The van der Waals surface area contributed by atoms with Crippen LogP contribution in [0.5, 0.6) is 0 Å². The Kier molecular flexibility index (Phi) is 4.16. The minimum Gasteiger partial charge on any atom is -0.465 e. The molecule has 0 atom stereocenters. The van der Waals surface area contributed by atoms with E-state index in [9.17, 15) is 9.18 Å². The van der Waals surface area contributed by atoms with Crippen molar-refractivity contribution in [3.05, 3.63) is 51.5 Å². The number of thiophene rings is 1. The van der Waals surface area contributed by atoms with Crippen LogP contribution in [0.25, 0.3) is 0 Å². The maximum Gasteiger partial charge on any atom is 0.339 e. The van der Waals surface area contributed by atoms with Crippen LogP contribution < -0.4 is 5.32 Å². The number of carbonyl (C=O) groups excluding carboxylic acids is 1. The molecule has 0 amide bonds. The molecule has 2 aromatic rings. The summed E-state index contributed by atoms with van der Waals surface area (Å²) in [7, 11) is 1.30. The number of rotatable bonds is 4. The Morgan fingerprint density at radius 3 is 2.79 bits per heavy atom. The summed E-state index contributed by atoms with van der Waals surface area (Å²) in [6.45, 7) is 2.57. The first kappa shape index (κ1) is 13.5. The monoisotopic (exact) mass is 279 g/mol. The lowest BCUT2D eigenvalue weighted by Crippen LogP contribution is -2.08. The Balaban J connectivity index is 2.18. The average molecular weight is 279 g/mol. The number of carbonyl (C=O) groups is 1. The second-order valence-electron chi connectivity index (χ2n) is 4.05. The number of aryl methyl sites for hydroxylation is 1. The third-order valence-electron chi connectivity index (χ3n) is 2.64. The van der Waals surface area contributed by atoms with Crippen molar-refractivity contribution < 1.29 is 13.9 Å². The molecule has 0 spiro atoms. The van der Waals surface area contributed by atoms with Crippen LogP contribution in [-0.2, 0) is 11.3 Å². The molecule has 19 heavy (non-hydrogen) atoms. The van der Waals surface area contributed by atoms with E-state index in [0.29, 0.717) is 17.8 Å². The number of benzene rings is 1. The van der Waals surface area contributed by atoms with Crippen LogP contribution in [0.15, 0.2) is 30.3 Å². The van der Waals surface area contributed by atoms with Gasteiger partial charge in [0.1, 0.15) is 5.82 Å². The minimum atomic E-state index is -0.482. The molecule has 0 radical (unpaired) electrons. The molecule has 0 saturated carbocycles. The van der Waals surface area contributed by atoms with Crippen LogP contribution in [0.1, 0.15) is 20.1 Å². The van der Waals surface area contributed by atoms with Crippen molar-refractivity contribution in [3.63, 3.8) is 0 Å². The number of ether oxygens (including phenoxy) is 1. The maximum atomic E-state index is 13.3. The molecule has 1 aromatic carbocycles. The SMILES string of the molecule is COC(=O)c1ccc(F)cc1NCc1ccc(C)s1. The summed E-state index contributed by atoms with van der Waals surface area (Å²) in [5.74, 6) is -0.873. The third kappa shape index (κ3) is 3.32. The van der Waals surface area contributed by atoms with Crippen LogP contribution in [0, 0.1) is 12.7 Å². The summed E-state index contributed by atoms with van der Waals surface area (Å²) in [5.41, 5.74) is 0.773. The van der Waals surface area contributed by atoms with Crippen molar-refractivity contribution in [1.82, 2.24) is 0 Å². The number of anilines is 1. The Morgan fingerprint density at radius 1 is 1.37 bits per heavy atom. The van der Waals surface area contributed by atoms with E-state index in [4.69, 9.17) is 0 Å². The van der Waals surface area contributed by atoms with E-state index < -0.39 is 11.8 Å². The van der Waals surface area contributed by atoms with Gasteiger partial charge in [0.2, 0.25) is 0 Å². The van der Waals surface area contributed by atoms with Gasteiger partial charge in [0.05, 0.1) is 18.4 Å². The lowest BCUT2D eigenvalue weighted by atomic mass is 10.1. The molecule has 5 heteroatoms. The standard InChI is InChI=1S/C14H14FNO2S/c1-9-3-5-11(19-9)8-16-13-7-10(15)4-6-12(13)14(17)18-2/h3-7,16H,8H2,1-2H3. The first-order valence-corrected chi connectivity index (χ1v) is 6.59. The molecule has 1 heterocycles. The zero-order valence-electron chi connectivity index (χ0n) is 10.7. The lowest BCUT2D eigenvalue weighted by molar-refractivity contribution is 0.0602. The van der Waals surface area contributed by atoms with E-state index in [2.05, 4.69) is 10.1 Å². The van der Waals surface area contributed by atoms with Crippen molar-refractivity contribution in [3.8, 4) is 0 Å². The third-order valence-corrected chi connectivity index (χ3v) is 3.64. The Labute approximate surface area is 115 Å². The zero-order chi connectivity index (χ0) is 13.8. The topological polar surface area (TPSA) is 38.3 Å². The highest BCUT2D eigenvalue weighted by molar-refractivity contribution is 7.11. The van der Waals surface area contributed by atoms with E-state index in [1.54, 1.807) is 11.3 Å². The number of esters is 1. The highest BCUT2D eigenvalue weighted by Crippen LogP contribution is 2.21. The van der Waals surface area contributed by atoms with Gasteiger partial charge in [0.25, 0.3) is 0 Å². The van der Waals surface area contributed by atoms with Crippen molar-refractivity contribution in [2.75, 3.05) is 12.4 Å². The highest BCUT2D eigenvalue weighted by atomic mass is 32.1. The summed E-state index contributed by atoms with van der Waals surface area (Å²) in [5, 5.41) is 3.07. The molecule has 0 aliphatic heterocycles. The normalized spacial score (nSPS) is 10.3. The minimum absolute atomic E-state index is 0.331. The van der Waals surface area contributed by atoms with Gasteiger partial charge >= 0.3 is 5.97 Å². The van der Waals surface area contributed by atoms with Crippen molar-refractivity contribution in [2.24, 2.45) is 0 Å². The molecule has 100 valence electrons. The van der Waals surface area contributed by atoms with Crippen LogP contribution in [0.4, 0.5) is 10.1 Å². The number of halogens is 1. The fourth-order valence-electron chi connectivity index (χ4n) is 1.71. The predicted molar refractivity (Wildman–Crippen MR) is 74.1 cm³/mol. The van der Waals surface area contributed by atoms with Gasteiger partial charge in [-0.1, -0.05) is 0 Å². The van der Waals surface area contributed by atoms with Crippen molar-refractivity contribution in [1.29, 1.82) is 0 Å². The number of hydrogen-bond acceptors (Lipinski definition) is 4. The second kappa shape index (κ2) is 5.84. The molecule has 0 aliphatic rings. The summed E-state index contributed by atoms with van der Waals surface area (Å²) in [6.07, 6.45) is 0. The first-order chi connectivity index (χ1) is 9.10. The van der Waals surface area contributed by atoms with Crippen LogP contribution in [0.2, 0.25) is 0 Å². The van der Waals surface area contributed by atoms with Crippen LogP contribution in [-0.4, -0.2) is 13.1 Å². The molecular weight excluding hydrogens is 265 g/mol. The second-order valence-corrected chi connectivity index (χ2v) is 5.42. The maximum absolute atomic E-state index is 13.3. The van der Waals surface area contributed by atoms with E-state index in [-0.39, 0.29) is 0 Å². The summed E-state index contributed by atoms with van der Waals surface area (Å²) in [6, 6.07) is 7.99. The highest BCUT2D eigenvalue weighted by Gasteiger charge is 2.12. The number of nitrogens with one attached hydrogen (secondary N) is 1. The van der Waals surface area contributed by atoms with Gasteiger partial charge in [-0.3, -0.25) is 0 Å². The molecule has 3 nitrogen and oxygen atoms in total. The molecule has 1 N–H and O–H groups in total. The Morgan fingerprint density at radius 2 is 2.16 bits per heavy atom. The quantitative estimate of drug-likeness (QED) is 0.869. The molecule has 0 fully saturated rings. The molecule has 0 unspecified atom stereocenters. The molecule has 0 bridgehead atoms. The van der Waals surface area contributed by atoms with Gasteiger partial charge in [-0.05, 0) is 37.3 Å².